The fourth-order valence-corrected chi connectivity index (χ4v) is 2.77. The lowest BCUT2D eigenvalue weighted by Crippen LogP contribution is -2.58. The minimum Gasteiger partial charge on any atom is -0.479 e. The molecule has 2 aliphatic rings. The number of carbonyl (C=O) groups excluding carboxylic acids is 1. The monoisotopic (exact) mass is 300 g/mol. The van der Waals surface area contributed by atoms with E-state index in [1.54, 1.807) is 0 Å². The smallest absolute Gasteiger partial charge is 0.332 e. The molecule has 7 heteroatoms. The van der Waals surface area contributed by atoms with Gasteiger partial charge in [0.05, 0.1) is 19.3 Å². The average molecular weight is 300 g/mol. The number of hydrogen-bond donors (Lipinski definition) is 3. The number of carbonyl (C=O) groups is 2. The molecule has 1 heterocycles. The van der Waals surface area contributed by atoms with Crippen molar-refractivity contribution < 1.29 is 24.2 Å². The van der Waals surface area contributed by atoms with Crippen LogP contribution in [-0.4, -0.2) is 55.1 Å². The van der Waals surface area contributed by atoms with Crippen LogP contribution in [0.4, 0.5) is 4.79 Å². The van der Waals surface area contributed by atoms with E-state index in [0.717, 1.165) is 12.8 Å². The molecule has 1 unspecified atom stereocenters. The maximum atomic E-state index is 11.8. The van der Waals surface area contributed by atoms with Gasteiger partial charge >= 0.3 is 12.0 Å². The van der Waals surface area contributed by atoms with Gasteiger partial charge in [-0.15, -0.1) is 0 Å². The quantitative estimate of drug-likeness (QED) is 0.633. The largest absolute Gasteiger partial charge is 0.479 e. The molecule has 21 heavy (non-hydrogen) atoms. The van der Waals surface area contributed by atoms with Crippen LogP contribution in [0, 0.1) is 0 Å². The maximum absolute atomic E-state index is 11.8. The predicted octanol–water partition coefficient (Wildman–Crippen LogP) is 0.879. The number of urea groups is 1. The van der Waals surface area contributed by atoms with E-state index in [1.165, 1.54) is 19.3 Å². The molecule has 2 amide bonds. The van der Waals surface area contributed by atoms with Crippen LogP contribution in [0.2, 0.25) is 0 Å². The summed E-state index contributed by atoms with van der Waals surface area (Å²) in [5, 5.41) is 14.3. The normalized spacial score (nSPS) is 26.5. The first-order valence-electron chi connectivity index (χ1n) is 7.61. The van der Waals surface area contributed by atoms with E-state index < -0.39 is 17.5 Å². The Balaban J connectivity index is 1.63. The number of hydrogen-bond acceptors (Lipinski definition) is 4. The van der Waals surface area contributed by atoms with Crippen LogP contribution in [0.1, 0.15) is 38.5 Å². The van der Waals surface area contributed by atoms with E-state index in [1.807, 2.05) is 0 Å². The van der Waals surface area contributed by atoms with Crippen LogP contribution in [0.25, 0.3) is 0 Å². The molecule has 1 saturated heterocycles. The zero-order chi connectivity index (χ0) is 15.1. The van der Waals surface area contributed by atoms with Gasteiger partial charge in [-0.3, -0.25) is 0 Å². The van der Waals surface area contributed by atoms with Gasteiger partial charge in [-0.1, -0.05) is 19.3 Å². The van der Waals surface area contributed by atoms with Gasteiger partial charge in [0, 0.05) is 19.6 Å². The van der Waals surface area contributed by atoms with Crippen molar-refractivity contribution in [2.45, 2.75) is 50.2 Å². The Kier molecular flexibility index (Phi) is 5.81. The van der Waals surface area contributed by atoms with Crippen molar-refractivity contribution in [3.05, 3.63) is 0 Å². The number of carboxylic acid groups (broad SMARTS) is 1. The van der Waals surface area contributed by atoms with Crippen molar-refractivity contribution in [3.8, 4) is 0 Å². The molecule has 0 radical (unpaired) electrons. The summed E-state index contributed by atoms with van der Waals surface area (Å²) in [6.45, 7) is 1.18. The Morgan fingerprint density at radius 1 is 1.29 bits per heavy atom. The molecule has 1 aliphatic heterocycles. The van der Waals surface area contributed by atoms with Crippen LogP contribution in [0.15, 0.2) is 0 Å². The molecule has 2 fully saturated rings. The molecule has 120 valence electrons. The number of nitrogens with one attached hydrogen (secondary N) is 2. The van der Waals surface area contributed by atoms with Gasteiger partial charge in [-0.05, 0) is 12.8 Å². The summed E-state index contributed by atoms with van der Waals surface area (Å²) >= 11 is 0. The van der Waals surface area contributed by atoms with Crippen LogP contribution in [-0.2, 0) is 14.3 Å². The van der Waals surface area contributed by atoms with Crippen molar-refractivity contribution in [2.75, 3.05) is 26.4 Å². The lowest BCUT2D eigenvalue weighted by molar-refractivity contribution is -0.144. The van der Waals surface area contributed by atoms with Crippen molar-refractivity contribution in [2.24, 2.45) is 0 Å². The maximum Gasteiger partial charge on any atom is 0.332 e. The molecule has 7 nitrogen and oxygen atoms in total. The molecule has 1 atom stereocenters. The number of carboxylic acids is 1. The molecule has 0 spiro atoms. The Labute approximate surface area is 124 Å². The van der Waals surface area contributed by atoms with E-state index in [4.69, 9.17) is 9.47 Å². The third kappa shape index (κ3) is 4.57. The summed E-state index contributed by atoms with van der Waals surface area (Å²) < 4.78 is 10.8. The van der Waals surface area contributed by atoms with Gasteiger partial charge < -0.3 is 25.2 Å². The van der Waals surface area contributed by atoms with Gasteiger partial charge in [-0.25, -0.2) is 9.59 Å². The summed E-state index contributed by atoms with van der Waals surface area (Å²) in [4.78, 5) is 23.0. The second-order valence-corrected chi connectivity index (χ2v) is 5.70. The van der Waals surface area contributed by atoms with Crippen LogP contribution < -0.4 is 10.6 Å². The number of aliphatic carboxylic acids is 1. The van der Waals surface area contributed by atoms with Crippen molar-refractivity contribution in [1.29, 1.82) is 0 Å². The molecular weight excluding hydrogens is 276 g/mol. The first-order valence-corrected chi connectivity index (χ1v) is 7.61. The molecular formula is C14H24N2O5. The van der Waals surface area contributed by atoms with Crippen molar-refractivity contribution in [3.63, 3.8) is 0 Å². The minimum absolute atomic E-state index is 0.00826. The summed E-state index contributed by atoms with van der Waals surface area (Å²) in [6, 6.07) is -0.491. The first-order chi connectivity index (χ1) is 10.1. The lowest BCUT2D eigenvalue weighted by Gasteiger charge is -2.24. The zero-order valence-corrected chi connectivity index (χ0v) is 12.2. The molecule has 3 N–H and O–H groups in total. The Hall–Kier alpha value is -1.34. The van der Waals surface area contributed by atoms with E-state index in [0.29, 0.717) is 25.9 Å². The first kappa shape index (κ1) is 16.0. The molecule has 0 aromatic carbocycles. The minimum atomic E-state index is -1.30. The second-order valence-electron chi connectivity index (χ2n) is 5.70. The van der Waals surface area contributed by atoms with Gasteiger partial charge in [0.1, 0.15) is 0 Å². The summed E-state index contributed by atoms with van der Waals surface area (Å²) in [7, 11) is 0. The topological polar surface area (TPSA) is 96.9 Å². The zero-order valence-electron chi connectivity index (χ0n) is 12.2. The SMILES string of the molecule is O=C(NCCOC1CCCCC1)NC1(C(=O)O)CCOC1. The highest BCUT2D eigenvalue weighted by molar-refractivity contribution is 5.86. The fraction of sp³-hybridized carbons (Fsp3) is 0.857. The average Bonchev–Trinajstić information content (AvgIpc) is 2.94. The highest BCUT2D eigenvalue weighted by Crippen LogP contribution is 2.20. The van der Waals surface area contributed by atoms with E-state index in [2.05, 4.69) is 10.6 Å². The number of amides is 2. The van der Waals surface area contributed by atoms with E-state index >= 15 is 0 Å². The Morgan fingerprint density at radius 3 is 2.67 bits per heavy atom. The second kappa shape index (κ2) is 7.61. The van der Waals surface area contributed by atoms with Gasteiger partial charge in [0.15, 0.2) is 5.54 Å². The molecule has 1 saturated carbocycles. The van der Waals surface area contributed by atoms with Crippen LogP contribution in [0.5, 0.6) is 0 Å². The third-order valence-corrected chi connectivity index (χ3v) is 4.08. The van der Waals surface area contributed by atoms with Crippen molar-refractivity contribution in [1.82, 2.24) is 10.6 Å². The van der Waals surface area contributed by atoms with Crippen molar-refractivity contribution >= 4 is 12.0 Å². The third-order valence-electron chi connectivity index (χ3n) is 4.08. The number of rotatable bonds is 6. The lowest BCUT2D eigenvalue weighted by atomic mass is 9.98. The standard InChI is InChI=1S/C14H24N2O5/c17-12(18)14(6-8-20-10-14)16-13(19)15-7-9-21-11-4-2-1-3-5-11/h11H,1-10H2,(H,17,18)(H2,15,16,19). The molecule has 0 bridgehead atoms. The highest BCUT2D eigenvalue weighted by atomic mass is 16.5. The van der Waals surface area contributed by atoms with E-state index in [9.17, 15) is 14.7 Å². The van der Waals surface area contributed by atoms with Crippen LogP contribution in [0.3, 0.4) is 0 Å². The number of ether oxygens (including phenoxy) is 2. The Bertz CT molecular complexity index is 362. The van der Waals surface area contributed by atoms with Gasteiger partial charge in [0.2, 0.25) is 0 Å². The molecule has 2 rings (SSSR count). The fourth-order valence-electron chi connectivity index (χ4n) is 2.77. The molecule has 1 aliphatic carbocycles. The Morgan fingerprint density at radius 2 is 2.05 bits per heavy atom. The summed E-state index contributed by atoms with van der Waals surface area (Å²) in [6.07, 6.45) is 6.46. The molecule has 0 aromatic heterocycles. The van der Waals surface area contributed by atoms with E-state index in [-0.39, 0.29) is 13.0 Å². The summed E-state index contributed by atoms with van der Waals surface area (Å²) in [5.74, 6) is -1.06. The molecule has 0 aromatic rings. The van der Waals surface area contributed by atoms with Gasteiger partial charge in [0.25, 0.3) is 0 Å². The highest BCUT2D eigenvalue weighted by Gasteiger charge is 2.43. The predicted molar refractivity (Wildman–Crippen MR) is 75.2 cm³/mol. The summed E-state index contributed by atoms with van der Waals surface area (Å²) in [5.41, 5.74) is -1.30. The van der Waals surface area contributed by atoms with Gasteiger partial charge in [-0.2, -0.15) is 0 Å². The van der Waals surface area contributed by atoms with Crippen LogP contribution >= 0.6 is 0 Å².